The number of hydrogen-bond donors (Lipinski definition) is 0. The molecule has 5 heteroatoms. The Morgan fingerprint density at radius 1 is 1.19 bits per heavy atom. The Labute approximate surface area is 164 Å². The molecule has 0 amide bonds. The van der Waals surface area contributed by atoms with Crippen LogP contribution in [0.3, 0.4) is 0 Å². The lowest BCUT2D eigenvalue weighted by atomic mass is 9.92. The highest BCUT2D eigenvalue weighted by Crippen LogP contribution is 2.30. The molecule has 0 aromatic heterocycles. The Hall–Kier alpha value is -1.69. The van der Waals surface area contributed by atoms with Gasteiger partial charge in [-0.2, -0.15) is 4.31 Å². The fourth-order valence-electron chi connectivity index (χ4n) is 3.40. The van der Waals surface area contributed by atoms with Gasteiger partial charge in [0.05, 0.1) is 23.6 Å². The SMILES string of the molecule is C=CCO[C@@H]1CCCC[C@H]1N(C/C=C/C=C/C)S(=O)(=O)c1ccc(C)cc1. The summed E-state index contributed by atoms with van der Waals surface area (Å²) < 4.78 is 34.4. The van der Waals surface area contributed by atoms with Crippen molar-refractivity contribution in [3.8, 4) is 0 Å². The topological polar surface area (TPSA) is 46.6 Å². The maximum absolute atomic E-state index is 13.4. The van der Waals surface area contributed by atoms with Crippen LogP contribution in [0.5, 0.6) is 0 Å². The summed E-state index contributed by atoms with van der Waals surface area (Å²) in [4.78, 5) is 0.334. The van der Waals surface area contributed by atoms with E-state index in [2.05, 4.69) is 6.58 Å². The van der Waals surface area contributed by atoms with Gasteiger partial charge in [0.25, 0.3) is 0 Å². The van der Waals surface area contributed by atoms with Crippen LogP contribution >= 0.6 is 0 Å². The first-order chi connectivity index (χ1) is 13.0. The monoisotopic (exact) mass is 389 g/mol. The van der Waals surface area contributed by atoms with Crippen LogP contribution in [0.2, 0.25) is 0 Å². The molecule has 27 heavy (non-hydrogen) atoms. The maximum atomic E-state index is 13.4. The van der Waals surface area contributed by atoms with Gasteiger partial charge in [-0.15, -0.1) is 6.58 Å². The van der Waals surface area contributed by atoms with Crippen LogP contribution in [0, 0.1) is 6.92 Å². The molecular formula is C22H31NO3S. The van der Waals surface area contributed by atoms with Crippen LogP contribution in [0.25, 0.3) is 0 Å². The van der Waals surface area contributed by atoms with E-state index in [1.807, 2.05) is 50.3 Å². The Morgan fingerprint density at radius 2 is 1.89 bits per heavy atom. The first-order valence-electron chi connectivity index (χ1n) is 9.59. The third kappa shape index (κ3) is 5.89. The second-order valence-electron chi connectivity index (χ2n) is 6.85. The van der Waals surface area contributed by atoms with Crippen LogP contribution in [-0.4, -0.2) is 38.0 Å². The Balaban J connectivity index is 2.36. The zero-order valence-corrected chi connectivity index (χ0v) is 17.2. The van der Waals surface area contributed by atoms with Crippen molar-refractivity contribution in [3.63, 3.8) is 0 Å². The molecule has 0 N–H and O–H groups in total. The number of allylic oxidation sites excluding steroid dienone is 3. The van der Waals surface area contributed by atoms with Gasteiger partial charge in [-0.3, -0.25) is 0 Å². The van der Waals surface area contributed by atoms with Crippen LogP contribution in [-0.2, 0) is 14.8 Å². The van der Waals surface area contributed by atoms with E-state index in [0.717, 1.165) is 31.2 Å². The second kappa shape index (κ2) is 10.6. The molecule has 1 aliphatic rings. The number of aryl methyl sites for hydroxylation is 1. The second-order valence-corrected chi connectivity index (χ2v) is 8.74. The van der Waals surface area contributed by atoms with E-state index in [-0.39, 0.29) is 12.1 Å². The van der Waals surface area contributed by atoms with Crippen molar-refractivity contribution >= 4 is 10.0 Å². The fraction of sp³-hybridized carbons (Fsp3) is 0.455. The number of nitrogens with zero attached hydrogens (tertiary/aromatic N) is 1. The smallest absolute Gasteiger partial charge is 0.243 e. The van der Waals surface area contributed by atoms with Gasteiger partial charge in [0.1, 0.15) is 0 Å². The fourth-order valence-corrected chi connectivity index (χ4v) is 5.04. The molecule has 1 aromatic rings. The predicted octanol–water partition coefficient (Wildman–Crippen LogP) is 4.63. The summed E-state index contributed by atoms with van der Waals surface area (Å²) in [7, 11) is -3.61. The van der Waals surface area contributed by atoms with E-state index in [0.29, 0.717) is 18.0 Å². The van der Waals surface area contributed by atoms with Crippen LogP contribution in [0.1, 0.15) is 38.2 Å². The summed E-state index contributed by atoms with van der Waals surface area (Å²) in [5.41, 5.74) is 1.04. The standard InChI is InChI=1S/C22H31NO3S/c1-4-6-7-10-17-23(21-11-8-9-12-22(21)26-18-5-2)27(24,25)20-15-13-19(3)14-16-20/h4-7,10,13-16,21-22H,2,8-9,11-12,17-18H2,1,3H3/b6-4+,10-7+/t21-,22-/m1/s1. The lowest BCUT2D eigenvalue weighted by Gasteiger charge is -2.38. The molecule has 0 aliphatic heterocycles. The summed E-state index contributed by atoms with van der Waals surface area (Å²) in [6, 6.07) is 6.90. The molecule has 1 aliphatic carbocycles. The highest BCUT2D eigenvalue weighted by atomic mass is 32.2. The van der Waals surface area contributed by atoms with Gasteiger partial charge >= 0.3 is 0 Å². The Bertz CT molecular complexity index is 750. The van der Waals surface area contributed by atoms with E-state index < -0.39 is 10.0 Å². The van der Waals surface area contributed by atoms with Crippen molar-refractivity contribution in [3.05, 3.63) is 66.8 Å². The molecule has 0 saturated heterocycles. The third-order valence-corrected chi connectivity index (χ3v) is 6.72. The van der Waals surface area contributed by atoms with Gasteiger partial charge < -0.3 is 4.74 Å². The van der Waals surface area contributed by atoms with Crippen LogP contribution in [0.4, 0.5) is 0 Å². The molecule has 2 rings (SSSR count). The molecule has 2 atom stereocenters. The molecule has 0 heterocycles. The van der Waals surface area contributed by atoms with Crippen LogP contribution in [0.15, 0.2) is 66.1 Å². The highest BCUT2D eigenvalue weighted by molar-refractivity contribution is 7.89. The molecule has 1 aromatic carbocycles. The average Bonchev–Trinajstić information content (AvgIpc) is 2.67. The van der Waals surface area contributed by atoms with E-state index in [1.165, 1.54) is 0 Å². The molecule has 0 unspecified atom stereocenters. The minimum Gasteiger partial charge on any atom is -0.373 e. The summed E-state index contributed by atoms with van der Waals surface area (Å²) in [6.45, 7) is 8.37. The molecule has 0 radical (unpaired) electrons. The largest absolute Gasteiger partial charge is 0.373 e. The van der Waals surface area contributed by atoms with E-state index >= 15 is 0 Å². The van der Waals surface area contributed by atoms with Crippen molar-refractivity contribution in [2.45, 2.75) is 56.6 Å². The van der Waals surface area contributed by atoms with E-state index in [1.54, 1.807) is 22.5 Å². The number of ether oxygens (including phenoxy) is 1. The van der Waals surface area contributed by atoms with Crippen molar-refractivity contribution in [2.24, 2.45) is 0 Å². The zero-order chi connectivity index (χ0) is 19.7. The minimum absolute atomic E-state index is 0.105. The van der Waals surface area contributed by atoms with Gasteiger partial charge in [0, 0.05) is 6.54 Å². The van der Waals surface area contributed by atoms with Crippen LogP contribution < -0.4 is 0 Å². The summed E-state index contributed by atoms with van der Waals surface area (Å²) >= 11 is 0. The molecular weight excluding hydrogens is 358 g/mol. The average molecular weight is 390 g/mol. The predicted molar refractivity (Wildman–Crippen MR) is 111 cm³/mol. The van der Waals surface area contributed by atoms with E-state index in [9.17, 15) is 8.42 Å². The maximum Gasteiger partial charge on any atom is 0.243 e. The van der Waals surface area contributed by atoms with Crippen molar-refractivity contribution in [1.82, 2.24) is 4.31 Å². The van der Waals surface area contributed by atoms with Gasteiger partial charge in [-0.25, -0.2) is 8.42 Å². The first kappa shape index (κ1) is 21.6. The number of sulfonamides is 1. The molecule has 1 saturated carbocycles. The minimum atomic E-state index is -3.61. The van der Waals surface area contributed by atoms with Crippen molar-refractivity contribution in [2.75, 3.05) is 13.2 Å². The number of benzene rings is 1. The quantitative estimate of drug-likeness (QED) is 0.457. The summed E-state index contributed by atoms with van der Waals surface area (Å²) in [6.07, 6.45) is 13.0. The Morgan fingerprint density at radius 3 is 2.56 bits per heavy atom. The normalized spacial score (nSPS) is 21.3. The van der Waals surface area contributed by atoms with Crippen molar-refractivity contribution in [1.29, 1.82) is 0 Å². The lowest BCUT2D eigenvalue weighted by molar-refractivity contribution is 0.000120. The highest BCUT2D eigenvalue weighted by Gasteiger charge is 2.37. The molecule has 4 nitrogen and oxygen atoms in total. The molecule has 0 spiro atoms. The van der Waals surface area contributed by atoms with Crippen molar-refractivity contribution < 1.29 is 13.2 Å². The summed E-state index contributed by atoms with van der Waals surface area (Å²) in [5.74, 6) is 0. The van der Waals surface area contributed by atoms with Gasteiger partial charge in [0.2, 0.25) is 10.0 Å². The van der Waals surface area contributed by atoms with E-state index in [4.69, 9.17) is 4.74 Å². The molecule has 148 valence electrons. The third-order valence-electron chi connectivity index (χ3n) is 4.82. The summed E-state index contributed by atoms with van der Waals surface area (Å²) in [5, 5.41) is 0. The molecule has 1 fully saturated rings. The van der Waals surface area contributed by atoms with Gasteiger partial charge in [-0.1, -0.05) is 60.9 Å². The van der Waals surface area contributed by atoms with Gasteiger partial charge in [-0.05, 0) is 38.8 Å². The lowest BCUT2D eigenvalue weighted by Crippen LogP contribution is -2.49. The number of hydrogen-bond acceptors (Lipinski definition) is 3. The Kier molecular flexibility index (Phi) is 8.48. The molecule has 0 bridgehead atoms. The number of rotatable bonds is 9. The van der Waals surface area contributed by atoms with Gasteiger partial charge in [0.15, 0.2) is 0 Å². The first-order valence-corrected chi connectivity index (χ1v) is 11.0. The zero-order valence-electron chi connectivity index (χ0n) is 16.4.